The monoisotopic (exact) mass is 422 g/mol. The van der Waals surface area contributed by atoms with Crippen LogP contribution in [0.3, 0.4) is 0 Å². The van der Waals surface area contributed by atoms with Crippen molar-refractivity contribution >= 4 is 12.4 Å². The Morgan fingerprint density at radius 2 is 2.07 bits per heavy atom. The average molecular weight is 423 g/mol. The van der Waals surface area contributed by atoms with Crippen LogP contribution in [0.1, 0.15) is 29.5 Å². The zero-order valence-electron chi connectivity index (χ0n) is 15.9. The summed E-state index contributed by atoms with van der Waals surface area (Å²) < 4.78 is 34.3. The van der Waals surface area contributed by atoms with Gasteiger partial charge in [0.05, 0.1) is 11.7 Å². The second-order valence-corrected chi connectivity index (χ2v) is 7.30. The predicted octanol–water partition coefficient (Wildman–Crippen LogP) is 2.69. The molecule has 3 heterocycles. The fraction of sp³-hybridized carbons (Fsp3) is 0.421. The van der Waals surface area contributed by atoms with Crippen LogP contribution >= 0.6 is 12.4 Å². The van der Waals surface area contributed by atoms with Gasteiger partial charge in [0.25, 0.3) is 5.89 Å². The molecule has 1 saturated heterocycles. The molecule has 0 radical (unpaired) electrons. The van der Waals surface area contributed by atoms with Crippen molar-refractivity contribution in [3.05, 3.63) is 46.9 Å². The summed E-state index contributed by atoms with van der Waals surface area (Å²) in [7, 11) is 2.04. The van der Waals surface area contributed by atoms with Crippen LogP contribution in [0.2, 0.25) is 0 Å². The highest BCUT2D eigenvalue weighted by Gasteiger charge is 2.30. The van der Waals surface area contributed by atoms with Gasteiger partial charge in [0.1, 0.15) is 0 Å². The molecular formula is C19H21ClF2N6O. The molecule has 0 bridgehead atoms. The fourth-order valence-corrected chi connectivity index (χ4v) is 4.00. The Balaban J connectivity index is 0.00000205. The maximum absolute atomic E-state index is 13.7. The number of hydrogen-bond donors (Lipinski definition) is 1. The van der Waals surface area contributed by atoms with E-state index in [9.17, 15) is 8.78 Å². The second-order valence-electron chi connectivity index (χ2n) is 7.30. The van der Waals surface area contributed by atoms with Gasteiger partial charge in [-0.2, -0.15) is 10.1 Å². The molecule has 1 aliphatic heterocycles. The normalized spacial score (nSPS) is 19.2. The molecule has 2 aliphatic rings. The number of hydrogen-bond acceptors (Lipinski definition) is 6. The quantitative estimate of drug-likeness (QED) is 0.699. The fourth-order valence-electron chi connectivity index (χ4n) is 4.00. The Hall–Kier alpha value is -2.36. The molecule has 0 amide bonds. The molecule has 0 spiro atoms. The van der Waals surface area contributed by atoms with Gasteiger partial charge in [0, 0.05) is 37.0 Å². The number of piperazine rings is 1. The molecule has 7 nitrogen and oxygen atoms in total. The molecule has 1 unspecified atom stereocenters. The number of nitrogens with one attached hydrogen (secondary N) is 1. The van der Waals surface area contributed by atoms with E-state index in [0.29, 0.717) is 23.1 Å². The van der Waals surface area contributed by atoms with E-state index in [2.05, 4.69) is 25.5 Å². The number of aromatic nitrogens is 4. The lowest BCUT2D eigenvalue weighted by Crippen LogP contribution is -2.44. The van der Waals surface area contributed by atoms with E-state index in [1.807, 2.05) is 7.05 Å². The van der Waals surface area contributed by atoms with Crippen molar-refractivity contribution in [1.29, 1.82) is 0 Å². The lowest BCUT2D eigenvalue weighted by molar-refractivity contribution is 0.190. The highest BCUT2D eigenvalue weighted by atomic mass is 35.5. The highest BCUT2D eigenvalue weighted by Crippen LogP contribution is 2.34. The van der Waals surface area contributed by atoms with Gasteiger partial charge in [-0.3, -0.25) is 4.90 Å². The maximum Gasteiger partial charge on any atom is 0.278 e. The number of nitrogens with zero attached hydrogens (tertiary/aromatic N) is 5. The topological polar surface area (TPSA) is 72.0 Å². The Morgan fingerprint density at radius 1 is 1.21 bits per heavy atom. The summed E-state index contributed by atoms with van der Waals surface area (Å²) in [6, 6.07) is 3.85. The molecule has 1 aromatic carbocycles. The summed E-state index contributed by atoms with van der Waals surface area (Å²) >= 11 is 0. The van der Waals surface area contributed by atoms with Crippen LogP contribution < -0.4 is 5.32 Å². The first-order valence-electron chi connectivity index (χ1n) is 9.43. The molecule has 29 heavy (non-hydrogen) atoms. The minimum atomic E-state index is -0.894. The minimum absolute atomic E-state index is 0. The zero-order chi connectivity index (χ0) is 19.3. The van der Waals surface area contributed by atoms with Crippen LogP contribution in [0.15, 0.2) is 22.7 Å². The molecule has 1 aliphatic carbocycles. The molecule has 1 atom stereocenters. The van der Waals surface area contributed by atoms with Crippen LogP contribution in [0.5, 0.6) is 0 Å². The Bertz CT molecular complexity index is 1040. The SMILES string of the molecule is CN1CCNCC1c1noc(-c2nn(-c3ccc(F)c(F)c3)c3c2CCC3)n1.Cl. The molecule has 1 fully saturated rings. The molecule has 3 aromatic rings. The van der Waals surface area contributed by atoms with Crippen LogP contribution in [0.4, 0.5) is 8.78 Å². The average Bonchev–Trinajstić information content (AvgIpc) is 3.40. The van der Waals surface area contributed by atoms with Crippen molar-refractivity contribution in [1.82, 2.24) is 30.1 Å². The van der Waals surface area contributed by atoms with E-state index < -0.39 is 11.6 Å². The smallest absolute Gasteiger partial charge is 0.278 e. The van der Waals surface area contributed by atoms with Gasteiger partial charge in [0.15, 0.2) is 23.2 Å². The van der Waals surface area contributed by atoms with Crippen molar-refractivity contribution in [2.45, 2.75) is 25.3 Å². The lowest BCUT2D eigenvalue weighted by Gasteiger charge is -2.30. The number of fused-ring (bicyclic) bond motifs is 1. The van der Waals surface area contributed by atoms with Crippen LogP contribution in [-0.2, 0) is 12.8 Å². The van der Waals surface area contributed by atoms with Crippen molar-refractivity contribution in [3.8, 4) is 17.3 Å². The van der Waals surface area contributed by atoms with Crippen LogP contribution in [-0.4, -0.2) is 51.5 Å². The summed E-state index contributed by atoms with van der Waals surface area (Å²) in [6.07, 6.45) is 2.63. The third kappa shape index (κ3) is 3.43. The van der Waals surface area contributed by atoms with Gasteiger partial charge in [-0.25, -0.2) is 13.5 Å². The second kappa shape index (κ2) is 7.81. The zero-order valence-corrected chi connectivity index (χ0v) is 16.7. The summed E-state index contributed by atoms with van der Waals surface area (Å²) in [5, 5.41) is 12.1. The van der Waals surface area contributed by atoms with Gasteiger partial charge in [-0.05, 0) is 38.4 Å². The number of halogens is 3. The number of rotatable bonds is 3. The van der Waals surface area contributed by atoms with Gasteiger partial charge in [-0.1, -0.05) is 5.16 Å². The molecule has 1 N–H and O–H groups in total. The molecule has 10 heteroatoms. The molecule has 5 rings (SSSR count). The third-order valence-corrected chi connectivity index (χ3v) is 5.53. The third-order valence-electron chi connectivity index (χ3n) is 5.53. The lowest BCUT2D eigenvalue weighted by atomic mass is 10.2. The van der Waals surface area contributed by atoms with E-state index >= 15 is 0 Å². The predicted molar refractivity (Wildman–Crippen MR) is 104 cm³/mol. The minimum Gasteiger partial charge on any atom is -0.332 e. The summed E-state index contributed by atoms with van der Waals surface area (Å²) in [5.41, 5.74) is 3.13. The largest absolute Gasteiger partial charge is 0.332 e. The molecule has 0 saturated carbocycles. The van der Waals surface area contributed by atoms with Crippen molar-refractivity contribution in [3.63, 3.8) is 0 Å². The van der Waals surface area contributed by atoms with Gasteiger partial charge in [0.2, 0.25) is 0 Å². The van der Waals surface area contributed by atoms with E-state index in [1.54, 1.807) is 4.68 Å². The molecule has 2 aromatic heterocycles. The molecule has 154 valence electrons. The van der Waals surface area contributed by atoms with Crippen molar-refractivity contribution in [2.75, 3.05) is 26.7 Å². The highest BCUT2D eigenvalue weighted by molar-refractivity contribution is 5.85. The standard InChI is InChI=1S/C19H20F2N6O.ClH/c1-26-8-7-22-10-16(26)18-23-19(28-25-18)17-12-3-2-4-15(12)27(24-17)11-5-6-13(20)14(21)9-11;/h5-6,9,16,22H,2-4,7-8,10H2,1H3;1H. The number of benzene rings is 1. The van der Waals surface area contributed by atoms with E-state index in [1.165, 1.54) is 6.07 Å². The Labute approximate surface area is 172 Å². The first kappa shape index (κ1) is 19.9. The molecular weight excluding hydrogens is 402 g/mol. The van der Waals surface area contributed by atoms with Crippen molar-refractivity contribution < 1.29 is 13.3 Å². The number of likely N-dealkylation sites (N-methyl/N-ethyl adjacent to an activating group) is 1. The van der Waals surface area contributed by atoms with Crippen LogP contribution in [0.25, 0.3) is 17.3 Å². The van der Waals surface area contributed by atoms with Gasteiger partial charge < -0.3 is 9.84 Å². The summed E-state index contributed by atoms with van der Waals surface area (Å²) in [4.78, 5) is 6.79. The first-order valence-corrected chi connectivity index (χ1v) is 9.43. The van der Waals surface area contributed by atoms with Crippen molar-refractivity contribution in [2.24, 2.45) is 0 Å². The van der Waals surface area contributed by atoms with Crippen LogP contribution in [0, 0.1) is 11.6 Å². The van der Waals surface area contributed by atoms with Gasteiger partial charge >= 0.3 is 0 Å². The summed E-state index contributed by atoms with van der Waals surface area (Å²) in [5.74, 6) is -0.777. The summed E-state index contributed by atoms with van der Waals surface area (Å²) in [6.45, 7) is 2.61. The van der Waals surface area contributed by atoms with Gasteiger partial charge in [-0.15, -0.1) is 12.4 Å². The first-order chi connectivity index (χ1) is 13.6. The van der Waals surface area contributed by atoms with E-state index in [4.69, 9.17) is 4.52 Å². The van der Waals surface area contributed by atoms with E-state index in [0.717, 1.165) is 62.3 Å². The Morgan fingerprint density at radius 3 is 2.86 bits per heavy atom. The maximum atomic E-state index is 13.7. The van der Waals surface area contributed by atoms with E-state index in [-0.39, 0.29) is 18.4 Å². The Kier molecular flexibility index (Phi) is 5.37.